The molecular formula is C23H24N2O5S. The smallest absolute Gasteiger partial charge is 0.262 e. The average molecular weight is 441 g/mol. The predicted octanol–water partition coefficient (Wildman–Crippen LogP) is 4.13. The molecule has 0 saturated heterocycles. The van der Waals surface area contributed by atoms with Crippen molar-refractivity contribution in [2.24, 2.45) is 0 Å². The van der Waals surface area contributed by atoms with Gasteiger partial charge in [-0.15, -0.1) is 0 Å². The lowest BCUT2D eigenvalue weighted by Gasteiger charge is -2.13. The van der Waals surface area contributed by atoms with Gasteiger partial charge in [-0.05, 0) is 67.4 Å². The first-order chi connectivity index (χ1) is 14.8. The molecule has 31 heavy (non-hydrogen) atoms. The van der Waals surface area contributed by atoms with Crippen LogP contribution in [0.2, 0.25) is 0 Å². The van der Waals surface area contributed by atoms with Gasteiger partial charge in [0, 0.05) is 5.69 Å². The van der Waals surface area contributed by atoms with Crippen LogP contribution in [0, 0.1) is 13.8 Å². The summed E-state index contributed by atoms with van der Waals surface area (Å²) in [5.74, 6) is 0.617. The largest absolute Gasteiger partial charge is 0.495 e. The monoisotopic (exact) mass is 440 g/mol. The maximum Gasteiger partial charge on any atom is 0.262 e. The van der Waals surface area contributed by atoms with Crippen molar-refractivity contribution in [2.75, 3.05) is 23.8 Å². The molecule has 1 amide bonds. The lowest BCUT2D eigenvalue weighted by Crippen LogP contribution is -2.21. The molecule has 3 aromatic rings. The molecule has 0 unspecified atom stereocenters. The Kier molecular flexibility index (Phi) is 6.81. The molecule has 3 aromatic carbocycles. The molecule has 2 N–H and O–H groups in total. The fraction of sp³-hybridized carbons (Fsp3) is 0.174. The van der Waals surface area contributed by atoms with Crippen LogP contribution in [0.1, 0.15) is 11.1 Å². The summed E-state index contributed by atoms with van der Waals surface area (Å²) in [5, 5.41) is 2.76. The van der Waals surface area contributed by atoms with Crippen molar-refractivity contribution in [1.82, 2.24) is 0 Å². The first-order valence-electron chi connectivity index (χ1n) is 9.54. The third-order valence-corrected chi connectivity index (χ3v) is 5.85. The van der Waals surface area contributed by atoms with E-state index in [2.05, 4.69) is 10.0 Å². The highest BCUT2D eigenvalue weighted by Crippen LogP contribution is 2.26. The van der Waals surface area contributed by atoms with E-state index in [0.29, 0.717) is 28.4 Å². The van der Waals surface area contributed by atoms with Crippen LogP contribution in [0.4, 0.5) is 11.4 Å². The summed E-state index contributed by atoms with van der Waals surface area (Å²) in [7, 11) is -2.20. The molecule has 0 fully saturated rings. The van der Waals surface area contributed by atoms with Crippen LogP contribution in [0.25, 0.3) is 0 Å². The van der Waals surface area contributed by atoms with Gasteiger partial charge in [0.05, 0.1) is 17.7 Å². The molecule has 162 valence electrons. The van der Waals surface area contributed by atoms with Crippen molar-refractivity contribution >= 4 is 27.3 Å². The zero-order valence-corrected chi connectivity index (χ0v) is 18.3. The van der Waals surface area contributed by atoms with Gasteiger partial charge >= 0.3 is 0 Å². The molecule has 0 aromatic heterocycles. The number of carbonyl (C=O) groups excluding carboxylic acids is 1. The number of ether oxygens (including phenoxy) is 2. The van der Waals surface area contributed by atoms with Crippen LogP contribution in [0.15, 0.2) is 71.6 Å². The van der Waals surface area contributed by atoms with E-state index in [1.165, 1.54) is 25.3 Å². The molecule has 0 spiro atoms. The van der Waals surface area contributed by atoms with Gasteiger partial charge in [0.25, 0.3) is 15.9 Å². The number of carbonyl (C=O) groups is 1. The summed E-state index contributed by atoms with van der Waals surface area (Å²) in [6.07, 6.45) is 0. The minimum absolute atomic E-state index is 0.107. The van der Waals surface area contributed by atoms with Crippen LogP contribution in [0.5, 0.6) is 11.5 Å². The normalized spacial score (nSPS) is 10.9. The third-order valence-electron chi connectivity index (χ3n) is 4.47. The SMILES string of the molecule is COc1ccc(C)cc1NC(=O)COc1ccc(S(=O)(=O)Nc2ccccc2)cc1C. The lowest BCUT2D eigenvalue weighted by molar-refractivity contribution is -0.118. The van der Waals surface area contributed by atoms with E-state index >= 15 is 0 Å². The standard InChI is InChI=1S/C23H24N2O5S/c1-16-9-11-22(29-3)20(13-16)24-23(26)15-30-21-12-10-19(14-17(21)2)31(27,28)25-18-7-5-4-6-8-18/h4-14,25H,15H2,1-3H3,(H,24,26). The number of amides is 1. The minimum Gasteiger partial charge on any atom is -0.495 e. The zero-order chi connectivity index (χ0) is 22.4. The van der Waals surface area contributed by atoms with Gasteiger partial charge in [-0.2, -0.15) is 0 Å². The molecule has 7 nitrogen and oxygen atoms in total. The highest BCUT2D eigenvalue weighted by atomic mass is 32.2. The van der Waals surface area contributed by atoms with Crippen LogP contribution in [-0.2, 0) is 14.8 Å². The van der Waals surface area contributed by atoms with Crippen molar-refractivity contribution in [1.29, 1.82) is 0 Å². The molecule has 8 heteroatoms. The van der Waals surface area contributed by atoms with Crippen LogP contribution in [-0.4, -0.2) is 28.0 Å². The van der Waals surface area contributed by atoms with Crippen molar-refractivity contribution in [3.63, 3.8) is 0 Å². The maximum atomic E-state index is 12.6. The fourth-order valence-corrected chi connectivity index (χ4v) is 4.06. The average Bonchev–Trinajstić information content (AvgIpc) is 2.73. The Morgan fingerprint density at radius 2 is 1.65 bits per heavy atom. The second kappa shape index (κ2) is 9.53. The molecule has 0 aliphatic heterocycles. The van der Waals surface area contributed by atoms with E-state index in [1.807, 2.05) is 13.0 Å². The van der Waals surface area contributed by atoms with Crippen LogP contribution >= 0.6 is 0 Å². The number of hydrogen-bond donors (Lipinski definition) is 2. The molecule has 0 radical (unpaired) electrons. The van der Waals surface area contributed by atoms with Crippen molar-refractivity contribution in [3.05, 3.63) is 77.9 Å². The van der Waals surface area contributed by atoms with Crippen molar-refractivity contribution in [3.8, 4) is 11.5 Å². The topological polar surface area (TPSA) is 93.7 Å². The summed E-state index contributed by atoms with van der Waals surface area (Å²) >= 11 is 0. The Morgan fingerprint density at radius 3 is 2.32 bits per heavy atom. The summed E-state index contributed by atoms with van der Waals surface area (Å²) < 4.78 is 38.6. The number of benzene rings is 3. The van der Waals surface area contributed by atoms with E-state index in [4.69, 9.17) is 9.47 Å². The number of nitrogens with one attached hydrogen (secondary N) is 2. The summed E-state index contributed by atoms with van der Waals surface area (Å²) in [5.41, 5.74) is 2.61. The van der Waals surface area contributed by atoms with Gasteiger partial charge in [0.1, 0.15) is 11.5 Å². The van der Waals surface area contributed by atoms with E-state index in [1.54, 1.807) is 49.4 Å². The van der Waals surface area contributed by atoms with Gasteiger partial charge < -0.3 is 14.8 Å². The third kappa shape index (κ3) is 5.76. The van der Waals surface area contributed by atoms with Crippen LogP contribution in [0.3, 0.4) is 0 Å². The van der Waals surface area contributed by atoms with Crippen molar-refractivity contribution in [2.45, 2.75) is 18.7 Å². The molecule has 0 aliphatic carbocycles. The predicted molar refractivity (Wildman–Crippen MR) is 120 cm³/mol. The Balaban J connectivity index is 1.65. The van der Waals surface area contributed by atoms with Crippen molar-refractivity contribution < 1.29 is 22.7 Å². The van der Waals surface area contributed by atoms with Gasteiger partial charge in [0.2, 0.25) is 0 Å². The number of para-hydroxylation sites is 1. The number of methoxy groups -OCH3 is 1. The molecule has 0 atom stereocenters. The fourth-order valence-electron chi connectivity index (χ4n) is 2.92. The van der Waals surface area contributed by atoms with E-state index in [0.717, 1.165) is 5.56 Å². The Hall–Kier alpha value is -3.52. The quantitative estimate of drug-likeness (QED) is 0.549. The Morgan fingerprint density at radius 1 is 0.935 bits per heavy atom. The lowest BCUT2D eigenvalue weighted by atomic mass is 10.2. The first-order valence-corrected chi connectivity index (χ1v) is 11.0. The van der Waals surface area contributed by atoms with Gasteiger partial charge in [-0.25, -0.2) is 8.42 Å². The summed E-state index contributed by atoms with van der Waals surface area (Å²) in [6, 6.07) is 18.6. The van der Waals surface area contributed by atoms with E-state index in [9.17, 15) is 13.2 Å². The van der Waals surface area contributed by atoms with Gasteiger partial charge in [-0.1, -0.05) is 24.3 Å². The van der Waals surface area contributed by atoms with Gasteiger partial charge in [0.15, 0.2) is 6.61 Å². The van der Waals surface area contributed by atoms with E-state index in [-0.39, 0.29) is 17.4 Å². The summed E-state index contributed by atoms with van der Waals surface area (Å²) in [6.45, 7) is 3.40. The highest BCUT2D eigenvalue weighted by Gasteiger charge is 2.16. The number of hydrogen-bond acceptors (Lipinski definition) is 5. The molecule has 0 aliphatic rings. The van der Waals surface area contributed by atoms with Gasteiger partial charge in [-0.3, -0.25) is 9.52 Å². The maximum absolute atomic E-state index is 12.6. The Labute approximate surface area is 182 Å². The number of rotatable bonds is 8. The van der Waals surface area contributed by atoms with Crippen LogP contribution < -0.4 is 19.5 Å². The number of aryl methyl sites for hydroxylation is 2. The molecule has 0 saturated carbocycles. The number of anilines is 2. The molecule has 0 bridgehead atoms. The molecule has 3 rings (SSSR count). The molecule has 0 heterocycles. The second-order valence-electron chi connectivity index (χ2n) is 6.94. The zero-order valence-electron chi connectivity index (χ0n) is 17.5. The second-order valence-corrected chi connectivity index (χ2v) is 8.62. The van der Waals surface area contributed by atoms with E-state index < -0.39 is 10.0 Å². The Bertz CT molecular complexity index is 1180. The summed E-state index contributed by atoms with van der Waals surface area (Å²) in [4.78, 5) is 12.4. The minimum atomic E-state index is -3.74. The first kappa shape index (κ1) is 22.2. The highest BCUT2D eigenvalue weighted by molar-refractivity contribution is 7.92. The number of sulfonamides is 1. The molecular weight excluding hydrogens is 416 g/mol.